The van der Waals surface area contributed by atoms with Crippen molar-refractivity contribution < 1.29 is 9.47 Å². The van der Waals surface area contributed by atoms with Crippen LogP contribution in [-0.4, -0.2) is 65.3 Å². The van der Waals surface area contributed by atoms with E-state index in [1.54, 1.807) is 13.3 Å². The zero-order valence-corrected chi connectivity index (χ0v) is 16.9. The minimum atomic E-state index is 0.0450. The van der Waals surface area contributed by atoms with Crippen LogP contribution in [-0.2, 0) is 17.8 Å². The second-order valence-corrected chi connectivity index (χ2v) is 8.08. The Labute approximate surface area is 167 Å². The van der Waals surface area contributed by atoms with Gasteiger partial charge < -0.3 is 9.47 Å². The molecule has 2 fully saturated rings. The highest BCUT2D eigenvalue weighted by Crippen LogP contribution is 2.38. The van der Waals surface area contributed by atoms with Gasteiger partial charge in [-0.3, -0.25) is 14.8 Å². The van der Waals surface area contributed by atoms with Crippen LogP contribution in [0.15, 0.2) is 42.9 Å². The van der Waals surface area contributed by atoms with Gasteiger partial charge in [-0.1, -0.05) is 12.1 Å². The highest BCUT2D eigenvalue weighted by molar-refractivity contribution is 5.25. The Morgan fingerprint density at radius 2 is 2.07 bits per heavy atom. The average molecular weight is 383 g/mol. The maximum absolute atomic E-state index is 6.38. The zero-order chi connectivity index (χ0) is 19.4. The lowest BCUT2D eigenvalue weighted by atomic mass is 9.87. The van der Waals surface area contributed by atoms with Crippen LogP contribution in [0.2, 0.25) is 0 Å². The summed E-state index contributed by atoms with van der Waals surface area (Å²) < 4.78 is 11.8. The van der Waals surface area contributed by atoms with Gasteiger partial charge in [0.05, 0.1) is 19.3 Å². The van der Waals surface area contributed by atoms with Crippen LogP contribution in [0.1, 0.15) is 30.4 Å². The van der Waals surface area contributed by atoms with Crippen molar-refractivity contribution in [3.63, 3.8) is 0 Å². The van der Waals surface area contributed by atoms with Gasteiger partial charge >= 0.3 is 0 Å². The first-order chi connectivity index (χ1) is 13.7. The molecular weight excluding hydrogens is 352 g/mol. The normalized spacial score (nSPS) is 22.0. The molecule has 6 nitrogen and oxygen atoms in total. The Bertz CT molecular complexity index is 762. The first-order valence-electron chi connectivity index (χ1n) is 10.1. The largest absolute Gasteiger partial charge is 0.481 e. The molecule has 1 atom stereocenters. The summed E-state index contributed by atoms with van der Waals surface area (Å²) in [4.78, 5) is 13.4. The van der Waals surface area contributed by atoms with Crippen LogP contribution in [0.4, 0.5) is 0 Å². The molecule has 0 saturated carbocycles. The summed E-state index contributed by atoms with van der Waals surface area (Å²) in [6, 6.07) is 8.70. The van der Waals surface area contributed by atoms with E-state index >= 15 is 0 Å². The molecule has 0 amide bonds. The molecule has 0 N–H and O–H groups in total. The number of rotatable bonds is 6. The van der Waals surface area contributed by atoms with Crippen molar-refractivity contribution in [1.29, 1.82) is 0 Å². The number of hydrogen-bond acceptors (Lipinski definition) is 6. The van der Waals surface area contributed by atoms with Crippen molar-refractivity contribution in [3.8, 4) is 5.88 Å². The molecular formula is C22H30N4O2. The molecule has 2 saturated heterocycles. The lowest BCUT2D eigenvalue weighted by molar-refractivity contribution is -0.0453. The SMILES string of the molecule is COc1ncccc1CN1CCC2(CC1)CC(N(C)Cc1cccnc1)CO2. The maximum atomic E-state index is 6.38. The topological polar surface area (TPSA) is 50.7 Å². The van der Waals surface area contributed by atoms with E-state index in [2.05, 4.69) is 38.9 Å². The third-order valence-corrected chi connectivity index (χ3v) is 6.17. The number of hydrogen-bond donors (Lipinski definition) is 0. The molecule has 4 heterocycles. The number of piperidine rings is 1. The lowest BCUT2D eigenvalue weighted by Crippen LogP contribution is -2.44. The van der Waals surface area contributed by atoms with Crippen molar-refractivity contribution >= 4 is 0 Å². The molecule has 2 aromatic heterocycles. The van der Waals surface area contributed by atoms with E-state index in [1.165, 1.54) is 5.56 Å². The fraction of sp³-hybridized carbons (Fsp3) is 0.545. The molecule has 150 valence electrons. The molecule has 6 heteroatoms. The molecule has 2 aromatic rings. The maximum Gasteiger partial charge on any atom is 0.217 e. The predicted molar refractivity (Wildman–Crippen MR) is 108 cm³/mol. The fourth-order valence-corrected chi connectivity index (χ4v) is 4.45. The van der Waals surface area contributed by atoms with E-state index in [0.29, 0.717) is 6.04 Å². The fourth-order valence-electron chi connectivity index (χ4n) is 4.45. The summed E-state index contributed by atoms with van der Waals surface area (Å²) in [5, 5.41) is 0. The minimum Gasteiger partial charge on any atom is -0.481 e. The minimum absolute atomic E-state index is 0.0450. The number of pyridine rings is 2. The smallest absolute Gasteiger partial charge is 0.217 e. The summed E-state index contributed by atoms with van der Waals surface area (Å²) in [7, 11) is 3.88. The number of nitrogens with zero attached hydrogens (tertiary/aromatic N) is 4. The molecule has 2 aliphatic rings. The Morgan fingerprint density at radius 1 is 1.25 bits per heavy atom. The summed E-state index contributed by atoms with van der Waals surface area (Å²) in [5.74, 6) is 0.733. The van der Waals surface area contributed by atoms with Crippen molar-refractivity contribution in [1.82, 2.24) is 19.8 Å². The second kappa shape index (κ2) is 8.55. The molecule has 2 aliphatic heterocycles. The average Bonchev–Trinajstić information content (AvgIpc) is 3.15. The Kier molecular flexibility index (Phi) is 5.90. The summed E-state index contributed by atoms with van der Waals surface area (Å²) in [6.07, 6.45) is 8.86. The van der Waals surface area contributed by atoms with Crippen LogP contribution < -0.4 is 4.74 Å². The Hall–Kier alpha value is -2.02. The number of methoxy groups -OCH3 is 1. The van der Waals surface area contributed by atoms with Crippen molar-refractivity contribution in [2.45, 2.75) is 44.0 Å². The van der Waals surface area contributed by atoms with Gasteiger partial charge in [0.15, 0.2) is 0 Å². The third-order valence-electron chi connectivity index (χ3n) is 6.17. The summed E-state index contributed by atoms with van der Waals surface area (Å²) in [5.41, 5.74) is 2.46. The van der Waals surface area contributed by atoms with Crippen molar-refractivity contribution in [2.24, 2.45) is 0 Å². The number of ether oxygens (including phenoxy) is 2. The molecule has 0 radical (unpaired) electrons. The molecule has 0 bridgehead atoms. The molecule has 1 unspecified atom stereocenters. The first-order valence-corrected chi connectivity index (χ1v) is 10.1. The second-order valence-electron chi connectivity index (χ2n) is 8.08. The summed E-state index contributed by atoms with van der Waals surface area (Å²) in [6.45, 7) is 4.74. The predicted octanol–water partition coefficient (Wildman–Crippen LogP) is 2.74. The summed E-state index contributed by atoms with van der Waals surface area (Å²) >= 11 is 0. The highest BCUT2D eigenvalue weighted by atomic mass is 16.5. The van der Waals surface area contributed by atoms with E-state index in [0.717, 1.165) is 63.5 Å². The molecule has 0 aliphatic carbocycles. The van der Waals surface area contributed by atoms with E-state index in [1.807, 2.05) is 24.5 Å². The molecule has 4 rings (SSSR count). The number of aromatic nitrogens is 2. The van der Waals surface area contributed by atoms with E-state index < -0.39 is 0 Å². The Balaban J connectivity index is 1.30. The van der Waals surface area contributed by atoms with Crippen LogP contribution in [0.25, 0.3) is 0 Å². The van der Waals surface area contributed by atoms with Gasteiger partial charge in [-0.25, -0.2) is 4.98 Å². The number of likely N-dealkylation sites (tertiary alicyclic amines) is 1. The molecule has 28 heavy (non-hydrogen) atoms. The van der Waals surface area contributed by atoms with Crippen LogP contribution in [0.3, 0.4) is 0 Å². The van der Waals surface area contributed by atoms with Crippen LogP contribution in [0.5, 0.6) is 5.88 Å². The van der Waals surface area contributed by atoms with Gasteiger partial charge in [-0.2, -0.15) is 0 Å². The van der Waals surface area contributed by atoms with E-state index in [-0.39, 0.29) is 5.60 Å². The van der Waals surface area contributed by atoms with Crippen molar-refractivity contribution in [3.05, 3.63) is 54.0 Å². The monoisotopic (exact) mass is 382 g/mol. The van der Waals surface area contributed by atoms with E-state index in [4.69, 9.17) is 9.47 Å². The van der Waals surface area contributed by atoms with Crippen molar-refractivity contribution in [2.75, 3.05) is 33.9 Å². The highest BCUT2D eigenvalue weighted by Gasteiger charge is 2.43. The van der Waals surface area contributed by atoms with Gasteiger partial charge in [0.25, 0.3) is 0 Å². The van der Waals surface area contributed by atoms with Gasteiger partial charge in [-0.05, 0) is 44.0 Å². The van der Waals surface area contributed by atoms with Gasteiger partial charge in [0.1, 0.15) is 0 Å². The zero-order valence-electron chi connectivity index (χ0n) is 16.9. The molecule has 1 spiro atoms. The molecule has 0 aromatic carbocycles. The lowest BCUT2D eigenvalue weighted by Gasteiger charge is -2.39. The van der Waals surface area contributed by atoms with Gasteiger partial charge in [0.2, 0.25) is 5.88 Å². The third kappa shape index (κ3) is 4.35. The van der Waals surface area contributed by atoms with E-state index in [9.17, 15) is 0 Å². The first kappa shape index (κ1) is 19.3. The number of likely N-dealkylation sites (N-methyl/N-ethyl adjacent to an activating group) is 1. The van der Waals surface area contributed by atoms with Crippen LogP contribution in [0, 0.1) is 0 Å². The van der Waals surface area contributed by atoms with Crippen LogP contribution >= 0.6 is 0 Å². The van der Waals surface area contributed by atoms with Gasteiger partial charge in [-0.15, -0.1) is 0 Å². The quantitative estimate of drug-likeness (QED) is 0.766. The standard InChI is InChI=1S/C22H30N4O2/c1-25(15-18-5-3-9-23-14-18)20-13-22(28-17-20)7-11-26(12-8-22)16-19-6-4-10-24-21(19)27-2/h3-6,9-10,14,20H,7-8,11-13,15-17H2,1-2H3. The Morgan fingerprint density at radius 3 is 2.82 bits per heavy atom. The van der Waals surface area contributed by atoms with Gasteiger partial charge in [0, 0.05) is 56.4 Å².